The molecule has 1 unspecified atom stereocenters. The standard InChI is InChI=1S/C25H25N7O4S/c1-14-21(23(34)32-19(24(35)36)13-29-22(33)20-9-5-11-37-20)15(2)31-25(30-14)28-10-4-7-16-6-3-8-18(27)17(16)12-26/h3,5-6,8-9,11-12,19,26H,10,13,27H2,1-2H3,(H,29,33)(H,32,34)(H,35,36)(H,28,30,31). The Morgan fingerprint density at radius 1 is 1.16 bits per heavy atom. The summed E-state index contributed by atoms with van der Waals surface area (Å²) in [6.45, 7) is 3.12. The fourth-order valence-corrected chi connectivity index (χ4v) is 4.00. The molecule has 11 nitrogen and oxygen atoms in total. The van der Waals surface area contributed by atoms with Crippen molar-refractivity contribution < 1.29 is 19.5 Å². The highest BCUT2D eigenvalue weighted by atomic mass is 32.1. The number of nitrogens with two attached hydrogens (primary N) is 1. The first kappa shape index (κ1) is 26.8. The largest absolute Gasteiger partial charge is 0.480 e. The molecule has 2 aromatic heterocycles. The van der Waals surface area contributed by atoms with Crippen LogP contribution in [0.15, 0.2) is 35.7 Å². The van der Waals surface area contributed by atoms with E-state index in [2.05, 4.69) is 37.8 Å². The van der Waals surface area contributed by atoms with Gasteiger partial charge in [0.2, 0.25) is 5.95 Å². The van der Waals surface area contributed by atoms with E-state index in [4.69, 9.17) is 11.1 Å². The molecule has 1 aromatic carbocycles. The number of carboxylic acid groups (broad SMARTS) is 1. The number of hydrogen-bond donors (Lipinski definition) is 6. The van der Waals surface area contributed by atoms with Gasteiger partial charge < -0.3 is 32.2 Å². The zero-order valence-electron chi connectivity index (χ0n) is 20.1. The van der Waals surface area contributed by atoms with Gasteiger partial charge in [-0.15, -0.1) is 11.3 Å². The second kappa shape index (κ2) is 12.3. The Bertz CT molecular complexity index is 1370. The zero-order chi connectivity index (χ0) is 26.9. The third-order valence-electron chi connectivity index (χ3n) is 5.16. The number of carbonyl (C=O) groups excluding carboxylic acids is 2. The topological polar surface area (TPSA) is 183 Å². The number of anilines is 2. The highest BCUT2D eigenvalue weighted by Gasteiger charge is 2.24. The van der Waals surface area contributed by atoms with E-state index in [-0.39, 0.29) is 24.6 Å². The van der Waals surface area contributed by atoms with Crippen LogP contribution in [0.4, 0.5) is 11.6 Å². The third kappa shape index (κ3) is 6.89. The van der Waals surface area contributed by atoms with Crippen molar-refractivity contribution in [2.75, 3.05) is 24.1 Å². The van der Waals surface area contributed by atoms with Crippen molar-refractivity contribution >= 4 is 47.0 Å². The minimum atomic E-state index is -1.35. The molecular weight excluding hydrogens is 494 g/mol. The molecule has 2 amide bonds. The van der Waals surface area contributed by atoms with Gasteiger partial charge in [-0.2, -0.15) is 0 Å². The highest BCUT2D eigenvalue weighted by Crippen LogP contribution is 2.15. The van der Waals surface area contributed by atoms with E-state index in [1.165, 1.54) is 11.3 Å². The monoisotopic (exact) mass is 519 g/mol. The Labute approximate surface area is 217 Å². The quantitative estimate of drug-likeness (QED) is 0.140. The number of carboxylic acids is 1. The SMILES string of the molecule is Cc1nc(NCC#Cc2cccc(N)c2C=N)nc(C)c1C(=O)NC(CNC(=O)c1cccs1)C(=O)O. The second-order valence-corrected chi connectivity index (χ2v) is 8.70. The van der Waals surface area contributed by atoms with Crippen LogP contribution in [-0.4, -0.2) is 58.2 Å². The Hall–Kier alpha value is -4.76. The van der Waals surface area contributed by atoms with E-state index in [9.17, 15) is 19.5 Å². The first-order valence-corrected chi connectivity index (χ1v) is 11.9. The molecule has 0 aliphatic carbocycles. The molecule has 3 aromatic rings. The lowest BCUT2D eigenvalue weighted by molar-refractivity contribution is -0.139. The maximum atomic E-state index is 12.9. The van der Waals surface area contributed by atoms with Crippen molar-refractivity contribution in [2.45, 2.75) is 19.9 Å². The molecule has 0 bridgehead atoms. The summed E-state index contributed by atoms with van der Waals surface area (Å²) >= 11 is 1.22. The van der Waals surface area contributed by atoms with Crippen LogP contribution in [0.1, 0.15) is 42.5 Å². The van der Waals surface area contributed by atoms with Crippen LogP contribution >= 0.6 is 11.3 Å². The predicted octanol–water partition coefficient (Wildman–Crippen LogP) is 1.81. The van der Waals surface area contributed by atoms with Crippen molar-refractivity contribution in [3.05, 3.63) is 68.7 Å². The van der Waals surface area contributed by atoms with Crippen LogP contribution in [0.5, 0.6) is 0 Å². The molecule has 0 saturated carbocycles. The van der Waals surface area contributed by atoms with Gasteiger partial charge in [-0.05, 0) is 37.4 Å². The molecule has 0 aliphatic rings. The van der Waals surface area contributed by atoms with Crippen LogP contribution in [-0.2, 0) is 4.79 Å². The molecule has 190 valence electrons. The number of thiophene rings is 1. The van der Waals surface area contributed by atoms with Crippen molar-refractivity contribution in [1.82, 2.24) is 20.6 Å². The van der Waals surface area contributed by atoms with E-state index in [1.807, 2.05) is 0 Å². The van der Waals surface area contributed by atoms with Gasteiger partial charge in [0, 0.05) is 29.6 Å². The van der Waals surface area contributed by atoms with Gasteiger partial charge in [0.1, 0.15) is 6.04 Å². The average molecular weight is 520 g/mol. The van der Waals surface area contributed by atoms with Gasteiger partial charge in [0.05, 0.1) is 28.4 Å². The number of nitrogens with one attached hydrogen (secondary N) is 4. The molecule has 12 heteroatoms. The predicted molar refractivity (Wildman–Crippen MR) is 141 cm³/mol. The van der Waals surface area contributed by atoms with E-state index < -0.39 is 23.8 Å². The van der Waals surface area contributed by atoms with Gasteiger partial charge in [0.25, 0.3) is 11.8 Å². The number of aryl methyl sites for hydroxylation is 2. The maximum absolute atomic E-state index is 12.9. The Morgan fingerprint density at radius 3 is 2.51 bits per heavy atom. The van der Waals surface area contributed by atoms with Gasteiger partial charge >= 0.3 is 5.97 Å². The molecule has 0 radical (unpaired) electrons. The molecule has 0 saturated heterocycles. The third-order valence-corrected chi connectivity index (χ3v) is 6.02. The highest BCUT2D eigenvalue weighted by molar-refractivity contribution is 7.12. The maximum Gasteiger partial charge on any atom is 0.328 e. The van der Waals surface area contributed by atoms with Crippen molar-refractivity contribution in [1.29, 1.82) is 5.41 Å². The molecule has 37 heavy (non-hydrogen) atoms. The van der Waals surface area contributed by atoms with Crippen LogP contribution < -0.4 is 21.7 Å². The minimum Gasteiger partial charge on any atom is -0.480 e. The fourth-order valence-electron chi connectivity index (χ4n) is 3.36. The van der Waals surface area contributed by atoms with E-state index >= 15 is 0 Å². The molecule has 0 spiro atoms. The van der Waals surface area contributed by atoms with Crippen molar-refractivity contribution in [2.24, 2.45) is 0 Å². The van der Waals surface area contributed by atoms with Crippen molar-refractivity contribution in [3.8, 4) is 11.8 Å². The number of benzene rings is 1. The molecule has 7 N–H and O–H groups in total. The minimum absolute atomic E-state index is 0.142. The van der Waals surface area contributed by atoms with Crippen molar-refractivity contribution in [3.63, 3.8) is 0 Å². The van der Waals surface area contributed by atoms with Crippen LogP contribution in [0.2, 0.25) is 0 Å². The van der Waals surface area contributed by atoms with Crippen LogP contribution in [0.3, 0.4) is 0 Å². The molecular formula is C25H25N7O4S. The summed E-state index contributed by atoms with van der Waals surface area (Å²) in [5.74, 6) is 3.74. The van der Waals surface area contributed by atoms with Gasteiger partial charge in [-0.1, -0.05) is 24.0 Å². The number of rotatable bonds is 9. The summed E-state index contributed by atoms with van der Waals surface area (Å²) in [4.78, 5) is 45.6. The smallest absolute Gasteiger partial charge is 0.328 e. The lowest BCUT2D eigenvalue weighted by Crippen LogP contribution is -2.48. The number of aliphatic carboxylic acids is 1. The lowest BCUT2D eigenvalue weighted by atomic mass is 10.1. The average Bonchev–Trinajstić information content (AvgIpc) is 3.39. The lowest BCUT2D eigenvalue weighted by Gasteiger charge is -2.17. The Balaban J connectivity index is 1.64. The number of nitrogen functional groups attached to an aromatic ring is 1. The molecule has 0 fully saturated rings. The van der Waals surface area contributed by atoms with Gasteiger partial charge in [-0.3, -0.25) is 9.59 Å². The molecule has 1 atom stereocenters. The van der Waals surface area contributed by atoms with Crippen LogP contribution in [0, 0.1) is 31.1 Å². The summed E-state index contributed by atoms with van der Waals surface area (Å²) in [5, 5.41) is 26.6. The number of nitrogens with zero attached hydrogens (tertiary/aromatic N) is 2. The second-order valence-electron chi connectivity index (χ2n) is 7.75. The Kier molecular flexibility index (Phi) is 8.90. The summed E-state index contributed by atoms with van der Waals surface area (Å²) in [7, 11) is 0. The van der Waals surface area contributed by atoms with Gasteiger partial charge in [0.15, 0.2) is 0 Å². The summed E-state index contributed by atoms with van der Waals surface area (Å²) in [6, 6.07) is 7.19. The summed E-state index contributed by atoms with van der Waals surface area (Å²) in [6.07, 6.45) is 1.15. The molecule has 3 rings (SSSR count). The number of amides is 2. The first-order valence-electron chi connectivity index (χ1n) is 11.0. The number of aromatic nitrogens is 2. The Morgan fingerprint density at radius 2 is 1.89 bits per heavy atom. The number of hydrogen-bond acceptors (Lipinski definition) is 9. The normalized spacial score (nSPS) is 11.0. The summed E-state index contributed by atoms with van der Waals surface area (Å²) in [5.41, 5.74) is 8.31. The summed E-state index contributed by atoms with van der Waals surface area (Å²) < 4.78 is 0. The van der Waals surface area contributed by atoms with Gasteiger partial charge in [-0.25, -0.2) is 14.8 Å². The van der Waals surface area contributed by atoms with E-state index in [0.29, 0.717) is 33.1 Å². The molecule has 2 heterocycles. The first-order chi connectivity index (χ1) is 17.7. The fraction of sp³-hybridized carbons (Fsp3) is 0.200. The molecule has 0 aliphatic heterocycles. The van der Waals surface area contributed by atoms with E-state index in [1.54, 1.807) is 49.6 Å². The number of carbonyl (C=O) groups is 3. The van der Waals surface area contributed by atoms with E-state index in [0.717, 1.165) is 6.21 Å². The van der Waals surface area contributed by atoms with Crippen LogP contribution in [0.25, 0.3) is 0 Å². The zero-order valence-corrected chi connectivity index (χ0v) is 20.9.